The van der Waals surface area contributed by atoms with Gasteiger partial charge in [0.2, 0.25) is 15.9 Å². The third kappa shape index (κ3) is 7.36. The molecule has 0 unspecified atom stereocenters. The highest BCUT2D eigenvalue weighted by Crippen LogP contribution is 2.21. The Morgan fingerprint density at radius 1 is 1.14 bits per heavy atom. The van der Waals surface area contributed by atoms with Crippen molar-refractivity contribution in [2.24, 2.45) is 0 Å². The summed E-state index contributed by atoms with van der Waals surface area (Å²) in [4.78, 5) is 11.9. The smallest absolute Gasteiger partial charge is 0.232 e. The third-order valence-electron chi connectivity index (χ3n) is 3.79. The topological polar surface area (TPSA) is 75.7 Å². The lowest BCUT2D eigenvalue weighted by atomic mass is 10.2. The van der Waals surface area contributed by atoms with Crippen LogP contribution in [-0.2, 0) is 14.8 Å². The Bertz CT molecular complexity index is 874. The second-order valence-electron chi connectivity index (χ2n) is 6.07. The van der Waals surface area contributed by atoms with Crippen molar-refractivity contribution in [1.29, 1.82) is 0 Å². The lowest BCUT2D eigenvalue weighted by molar-refractivity contribution is -0.121. The summed E-state index contributed by atoms with van der Waals surface area (Å²) >= 11 is 5.84. The number of carbonyl (C=O) groups is 1. The summed E-state index contributed by atoms with van der Waals surface area (Å²) in [6, 6.07) is 12.1. The van der Waals surface area contributed by atoms with Gasteiger partial charge in [0.15, 0.2) is 0 Å². The molecular formula is C19H22ClFN2O4S. The van der Waals surface area contributed by atoms with E-state index in [1.54, 1.807) is 24.3 Å². The summed E-state index contributed by atoms with van der Waals surface area (Å²) in [5.74, 6) is -0.0305. The van der Waals surface area contributed by atoms with Crippen molar-refractivity contribution < 1.29 is 22.3 Å². The molecule has 2 aromatic carbocycles. The molecule has 0 aliphatic rings. The lowest BCUT2D eigenvalue weighted by Crippen LogP contribution is -2.32. The molecule has 0 atom stereocenters. The van der Waals surface area contributed by atoms with Crippen LogP contribution < -0.4 is 14.4 Å². The predicted molar refractivity (Wildman–Crippen MR) is 108 cm³/mol. The number of rotatable bonds is 10. The number of benzene rings is 2. The van der Waals surface area contributed by atoms with Gasteiger partial charge in [0.1, 0.15) is 18.2 Å². The van der Waals surface area contributed by atoms with Crippen molar-refractivity contribution in [3.63, 3.8) is 0 Å². The number of sulfonamides is 1. The van der Waals surface area contributed by atoms with Gasteiger partial charge in [-0.15, -0.1) is 0 Å². The van der Waals surface area contributed by atoms with Gasteiger partial charge in [-0.05, 0) is 55.0 Å². The van der Waals surface area contributed by atoms with Gasteiger partial charge in [-0.3, -0.25) is 9.10 Å². The Balaban J connectivity index is 1.73. The van der Waals surface area contributed by atoms with Gasteiger partial charge in [-0.25, -0.2) is 12.8 Å². The van der Waals surface area contributed by atoms with E-state index in [9.17, 15) is 17.6 Å². The highest BCUT2D eigenvalue weighted by molar-refractivity contribution is 7.92. The monoisotopic (exact) mass is 428 g/mol. The summed E-state index contributed by atoms with van der Waals surface area (Å²) < 4.78 is 43.5. The fourth-order valence-corrected chi connectivity index (χ4v) is 3.55. The van der Waals surface area contributed by atoms with Crippen LogP contribution in [0.3, 0.4) is 0 Å². The average Bonchev–Trinajstić information content (AvgIpc) is 2.64. The van der Waals surface area contributed by atoms with Crippen molar-refractivity contribution >= 4 is 33.2 Å². The summed E-state index contributed by atoms with van der Waals surface area (Å²) in [7, 11) is -3.47. The summed E-state index contributed by atoms with van der Waals surface area (Å²) in [5, 5.41) is 3.21. The maximum absolute atomic E-state index is 12.8. The van der Waals surface area contributed by atoms with Gasteiger partial charge in [-0.1, -0.05) is 11.6 Å². The molecular weight excluding hydrogens is 407 g/mol. The predicted octanol–water partition coefficient (Wildman–Crippen LogP) is 3.22. The van der Waals surface area contributed by atoms with Crippen LogP contribution in [0.4, 0.5) is 10.1 Å². The van der Waals surface area contributed by atoms with Crippen LogP contribution in [0.1, 0.15) is 12.8 Å². The Labute approximate surface area is 169 Å². The van der Waals surface area contributed by atoms with Crippen molar-refractivity contribution in [3.05, 3.63) is 59.4 Å². The molecule has 6 nitrogen and oxygen atoms in total. The number of carbonyl (C=O) groups excluding carboxylic acids is 1. The minimum absolute atomic E-state index is 0.177. The molecule has 0 spiro atoms. The van der Waals surface area contributed by atoms with Crippen LogP contribution in [0, 0.1) is 5.82 Å². The molecule has 1 N–H and O–H groups in total. The fourth-order valence-electron chi connectivity index (χ4n) is 2.46. The van der Waals surface area contributed by atoms with Crippen molar-refractivity contribution in [3.8, 4) is 5.75 Å². The van der Waals surface area contributed by atoms with Crippen molar-refractivity contribution in [2.45, 2.75) is 12.8 Å². The Kier molecular flexibility index (Phi) is 8.07. The van der Waals surface area contributed by atoms with Gasteiger partial charge >= 0.3 is 0 Å². The zero-order valence-electron chi connectivity index (χ0n) is 15.4. The largest absolute Gasteiger partial charge is 0.492 e. The second kappa shape index (κ2) is 10.3. The summed E-state index contributed by atoms with van der Waals surface area (Å²) in [6.45, 7) is 0.723. The van der Waals surface area contributed by atoms with E-state index in [2.05, 4.69) is 5.32 Å². The van der Waals surface area contributed by atoms with Gasteiger partial charge in [0.25, 0.3) is 0 Å². The highest BCUT2D eigenvalue weighted by atomic mass is 35.5. The van der Waals surface area contributed by atoms with E-state index in [-0.39, 0.29) is 31.3 Å². The molecule has 9 heteroatoms. The second-order valence-corrected chi connectivity index (χ2v) is 8.41. The van der Waals surface area contributed by atoms with E-state index in [0.717, 1.165) is 6.26 Å². The molecule has 0 aliphatic carbocycles. The van der Waals surface area contributed by atoms with Crippen LogP contribution in [0.5, 0.6) is 5.75 Å². The van der Waals surface area contributed by atoms with Crippen LogP contribution >= 0.6 is 11.6 Å². The molecule has 0 saturated carbocycles. The molecule has 0 radical (unpaired) electrons. The molecule has 28 heavy (non-hydrogen) atoms. The van der Waals surface area contributed by atoms with E-state index in [1.807, 2.05) is 0 Å². The average molecular weight is 429 g/mol. The number of nitrogens with one attached hydrogen (secondary N) is 1. The highest BCUT2D eigenvalue weighted by Gasteiger charge is 2.17. The van der Waals surface area contributed by atoms with Crippen LogP contribution in [-0.4, -0.2) is 40.3 Å². The quantitative estimate of drug-likeness (QED) is 0.589. The van der Waals surface area contributed by atoms with Crippen molar-refractivity contribution in [1.82, 2.24) is 5.32 Å². The van der Waals surface area contributed by atoms with Crippen LogP contribution in [0.2, 0.25) is 5.02 Å². The van der Waals surface area contributed by atoms with E-state index >= 15 is 0 Å². The number of hydrogen-bond donors (Lipinski definition) is 1. The number of halogens is 2. The minimum atomic E-state index is -3.47. The molecule has 2 aromatic rings. The molecule has 0 saturated heterocycles. The number of anilines is 1. The summed E-state index contributed by atoms with van der Waals surface area (Å²) in [5.41, 5.74) is 0.500. The maximum Gasteiger partial charge on any atom is 0.232 e. The zero-order valence-corrected chi connectivity index (χ0v) is 17.0. The molecule has 152 valence electrons. The zero-order chi connectivity index (χ0) is 20.6. The Morgan fingerprint density at radius 3 is 2.39 bits per heavy atom. The Hall–Kier alpha value is -2.32. The van der Waals surface area contributed by atoms with Crippen LogP contribution in [0.15, 0.2) is 48.5 Å². The fraction of sp³-hybridized carbons (Fsp3) is 0.316. The lowest BCUT2D eigenvalue weighted by Gasteiger charge is -2.22. The first-order valence-electron chi connectivity index (χ1n) is 8.64. The van der Waals surface area contributed by atoms with Gasteiger partial charge in [0.05, 0.1) is 18.5 Å². The van der Waals surface area contributed by atoms with E-state index < -0.39 is 10.0 Å². The van der Waals surface area contributed by atoms with Gasteiger partial charge in [0, 0.05) is 18.0 Å². The molecule has 2 rings (SSSR count). The van der Waals surface area contributed by atoms with Crippen LogP contribution in [0.25, 0.3) is 0 Å². The molecule has 0 aromatic heterocycles. The van der Waals surface area contributed by atoms with E-state index in [0.29, 0.717) is 29.4 Å². The maximum atomic E-state index is 12.8. The molecule has 0 heterocycles. The van der Waals surface area contributed by atoms with E-state index in [4.69, 9.17) is 16.3 Å². The molecule has 0 bridgehead atoms. The van der Waals surface area contributed by atoms with Crippen molar-refractivity contribution in [2.75, 3.05) is 30.3 Å². The van der Waals surface area contributed by atoms with Gasteiger partial charge < -0.3 is 10.1 Å². The number of amides is 1. The first-order valence-corrected chi connectivity index (χ1v) is 10.9. The number of hydrogen-bond acceptors (Lipinski definition) is 4. The molecule has 1 amide bonds. The Morgan fingerprint density at radius 2 is 1.79 bits per heavy atom. The standard InChI is InChI=1S/C19H22ClFN2O4S/c1-28(25,26)23(17-8-4-15(20)5-9-17)13-2-3-19(24)22-12-14-27-18-10-6-16(21)7-11-18/h4-11H,2-3,12-14H2,1H3,(H,22,24). The normalized spacial score (nSPS) is 11.1. The third-order valence-corrected chi connectivity index (χ3v) is 5.23. The molecule has 0 fully saturated rings. The van der Waals surface area contributed by atoms with Gasteiger partial charge in [-0.2, -0.15) is 0 Å². The van der Waals surface area contributed by atoms with E-state index in [1.165, 1.54) is 28.6 Å². The summed E-state index contributed by atoms with van der Waals surface area (Å²) in [6.07, 6.45) is 1.66. The first kappa shape index (κ1) is 22.0. The number of ether oxygens (including phenoxy) is 1. The first-order chi connectivity index (χ1) is 13.3. The number of nitrogens with zero attached hydrogens (tertiary/aromatic N) is 1. The minimum Gasteiger partial charge on any atom is -0.492 e. The SMILES string of the molecule is CS(=O)(=O)N(CCCC(=O)NCCOc1ccc(F)cc1)c1ccc(Cl)cc1. The molecule has 0 aliphatic heterocycles.